The molecule has 0 spiro atoms. The summed E-state index contributed by atoms with van der Waals surface area (Å²) in [6.07, 6.45) is -2.03. The van der Waals surface area contributed by atoms with Gasteiger partial charge in [-0.2, -0.15) is 13.2 Å². The second kappa shape index (κ2) is 4.96. The molecule has 2 rings (SSSR count). The van der Waals surface area contributed by atoms with Gasteiger partial charge in [-0.25, -0.2) is 4.98 Å². The fourth-order valence-electron chi connectivity index (χ4n) is 1.30. The van der Waals surface area contributed by atoms with Crippen molar-refractivity contribution in [3.05, 3.63) is 34.7 Å². The van der Waals surface area contributed by atoms with Gasteiger partial charge in [0.05, 0.1) is 0 Å². The van der Waals surface area contributed by atoms with Crippen molar-refractivity contribution in [1.82, 2.24) is 9.38 Å². The zero-order valence-corrected chi connectivity index (χ0v) is 10.4. The summed E-state index contributed by atoms with van der Waals surface area (Å²) < 4.78 is 38.4. The minimum atomic E-state index is -4.43. The number of imidazole rings is 1. The molecule has 0 aliphatic carbocycles. The largest absolute Gasteiger partial charge is 0.434 e. The predicted molar refractivity (Wildman–Crippen MR) is 61.3 cm³/mol. The van der Waals surface area contributed by atoms with E-state index in [1.54, 1.807) is 6.92 Å². The van der Waals surface area contributed by atoms with Crippen LogP contribution in [0.25, 0.3) is 5.65 Å². The number of alkyl halides is 3. The SMILES string of the molecule is CC.Cc1c(Cl)ccn2cc(C(F)(F)F)nc12. The Morgan fingerprint density at radius 2 is 1.88 bits per heavy atom. The maximum atomic E-state index is 12.3. The number of fused-ring (bicyclic) bond motifs is 1. The van der Waals surface area contributed by atoms with Crippen molar-refractivity contribution in [2.45, 2.75) is 26.9 Å². The van der Waals surface area contributed by atoms with E-state index in [4.69, 9.17) is 11.6 Å². The Labute approximate surface area is 102 Å². The molecular formula is C11H12ClF3N2. The highest BCUT2D eigenvalue weighted by Gasteiger charge is 2.34. The van der Waals surface area contributed by atoms with Gasteiger partial charge in [0.1, 0.15) is 5.65 Å². The molecule has 0 aromatic carbocycles. The Bertz CT molecular complexity index is 517. The average molecular weight is 265 g/mol. The van der Waals surface area contributed by atoms with Crippen LogP contribution >= 0.6 is 11.6 Å². The number of nitrogens with zero attached hydrogens (tertiary/aromatic N) is 2. The van der Waals surface area contributed by atoms with Gasteiger partial charge in [-0.1, -0.05) is 25.4 Å². The van der Waals surface area contributed by atoms with Crippen molar-refractivity contribution in [3.63, 3.8) is 0 Å². The fourth-order valence-corrected chi connectivity index (χ4v) is 1.44. The summed E-state index contributed by atoms with van der Waals surface area (Å²) in [4.78, 5) is 3.50. The van der Waals surface area contributed by atoms with Gasteiger partial charge in [0.2, 0.25) is 0 Å². The van der Waals surface area contributed by atoms with Crippen LogP contribution in [0.2, 0.25) is 5.02 Å². The Kier molecular flexibility index (Phi) is 4.03. The average Bonchev–Trinajstić information content (AvgIpc) is 2.71. The molecule has 0 unspecified atom stereocenters. The van der Waals surface area contributed by atoms with E-state index >= 15 is 0 Å². The Hall–Kier alpha value is -1.23. The van der Waals surface area contributed by atoms with E-state index in [1.165, 1.54) is 16.7 Å². The number of pyridine rings is 1. The molecule has 0 aliphatic heterocycles. The molecule has 0 amide bonds. The third kappa shape index (κ3) is 2.72. The van der Waals surface area contributed by atoms with Gasteiger partial charge in [-0.3, -0.25) is 0 Å². The van der Waals surface area contributed by atoms with Gasteiger partial charge in [0, 0.05) is 23.0 Å². The standard InChI is InChI=1S/C9H6ClF3N2.C2H6/c1-5-6(10)2-3-15-4-7(9(11,12)13)14-8(5)15;1-2/h2-4H,1H3;1-2H3. The molecule has 0 N–H and O–H groups in total. The molecule has 0 atom stereocenters. The van der Waals surface area contributed by atoms with Gasteiger partial charge >= 0.3 is 6.18 Å². The van der Waals surface area contributed by atoms with Gasteiger partial charge in [-0.05, 0) is 13.0 Å². The van der Waals surface area contributed by atoms with E-state index in [-0.39, 0.29) is 5.65 Å². The van der Waals surface area contributed by atoms with E-state index in [1.807, 2.05) is 13.8 Å². The lowest BCUT2D eigenvalue weighted by Crippen LogP contribution is -2.04. The molecule has 2 nitrogen and oxygen atoms in total. The number of hydrogen-bond donors (Lipinski definition) is 0. The summed E-state index contributed by atoms with van der Waals surface area (Å²) in [5.74, 6) is 0. The van der Waals surface area contributed by atoms with Crippen LogP contribution in [-0.2, 0) is 6.18 Å². The van der Waals surface area contributed by atoms with Crippen molar-refractivity contribution < 1.29 is 13.2 Å². The van der Waals surface area contributed by atoms with Crippen molar-refractivity contribution in [3.8, 4) is 0 Å². The maximum Gasteiger partial charge on any atom is 0.434 e. The van der Waals surface area contributed by atoms with E-state index in [9.17, 15) is 13.2 Å². The van der Waals surface area contributed by atoms with E-state index in [2.05, 4.69) is 4.98 Å². The molecule has 0 saturated carbocycles. The van der Waals surface area contributed by atoms with Gasteiger partial charge in [0.25, 0.3) is 0 Å². The number of rotatable bonds is 0. The smallest absolute Gasteiger partial charge is 0.306 e. The molecular weight excluding hydrogens is 253 g/mol. The Balaban J connectivity index is 0.000000686. The molecule has 2 aromatic heterocycles. The van der Waals surface area contributed by atoms with Crippen molar-refractivity contribution in [1.29, 1.82) is 0 Å². The monoisotopic (exact) mass is 264 g/mol. The van der Waals surface area contributed by atoms with Gasteiger partial charge < -0.3 is 4.40 Å². The van der Waals surface area contributed by atoms with Crippen LogP contribution < -0.4 is 0 Å². The normalized spacial score (nSPS) is 11.2. The van der Waals surface area contributed by atoms with Gasteiger partial charge in [-0.15, -0.1) is 0 Å². The number of halogens is 4. The molecule has 0 bridgehead atoms. The molecule has 94 valence electrons. The number of aromatic nitrogens is 2. The van der Waals surface area contributed by atoms with E-state index in [0.717, 1.165) is 6.20 Å². The first-order chi connectivity index (χ1) is 7.89. The summed E-state index contributed by atoms with van der Waals surface area (Å²) in [6.45, 7) is 5.63. The zero-order valence-electron chi connectivity index (χ0n) is 9.64. The summed E-state index contributed by atoms with van der Waals surface area (Å²) >= 11 is 5.78. The minimum absolute atomic E-state index is 0.231. The first-order valence-electron chi connectivity index (χ1n) is 5.10. The highest BCUT2D eigenvalue weighted by molar-refractivity contribution is 6.31. The molecule has 0 fully saturated rings. The molecule has 0 aliphatic rings. The first-order valence-corrected chi connectivity index (χ1v) is 5.48. The van der Waals surface area contributed by atoms with Crippen LogP contribution in [-0.4, -0.2) is 9.38 Å². The quantitative estimate of drug-likeness (QED) is 0.692. The highest BCUT2D eigenvalue weighted by Crippen LogP contribution is 2.30. The van der Waals surface area contributed by atoms with Gasteiger partial charge in [0.15, 0.2) is 5.69 Å². The third-order valence-electron chi connectivity index (χ3n) is 2.10. The third-order valence-corrected chi connectivity index (χ3v) is 2.51. The van der Waals surface area contributed by atoms with Crippen LogP contribution in [0, 0.1) is 6.92 Å². The fraction of sp³-hybridized carbons (Fsp3) is 0.364. The molecule has 17 heavy (non-hydrogen) atoms. The minimum Gasteiger partial charge on any atom is -0.306 e. The molecule has 6 heteroatoms. The second-order valence-electron chi connectivity index (χ2n) is 3.14. The summed E-state index contributed by atoms with van der Waals surface area (Å²) in [7, 11) is 0. The summed E-state index contributed by atoms with van der Waals surface area (Å²) in [5, 5.41) is 0.404. The van der Waals surface area contributed by atoms with E-state index in [0.29, 0.717) is 10.6 Å². The van der Waals surface area contributed by atoms with Crippen molar-refractivity contribution >= 4 is 17.2 Å². The number of hydrogen-bond acceptors (Lipinski definition) is 1. The van der Waals surface area contributed by atoms with Crippen molar-refractivity contribution in [2.24, 2.45) is 0 Å². The first kappa shape index (κ1) is 13.8. The second-order valence-corrected chi connectivity index (χ2v) is 3.55. The topological polar surface area (TPSA) is 17.3 Å². The molecule has 2 heterocycles. The van der Waals surface area contributed by atoms with Crippen LogP contribution in [0.15, 0.2) is 18.5 Å². The van der Waals surface area contributed by atoms with Crippen molar-refractivity contribution in [2.75, 3.05) is 0 Å². The van der Waals surface area contributed by atoms with Crippen LogP contribution in [0.5, 0.6) is 0 Å². The zero-order chi connectivity index (χ0) is 13.2. The molecule has 0 saturated heterocycles. The lowest BCUT2D eigenvalue weighted by atomic mass is 10.3. The lowest BCUT2D eigenvalue weighted by Gasteiger charge is -1.99. The Morgan fingerprint density at radius 1 is 1.29 bits per heavy atom. The predicted octanol–water partition coefficient (Wildman–Crippen LogP) is 4.34. The number of aryl methyl sites for hydroxylation is 1. The van der Waals surface area contributed by atoms with Crippen LogP contribution in [0.4, 0.5) is 13.2 Å². The van der Waals surface area contributed by atoms with Crippen LogP contribution in [0.1, 0.15) is 25.1 Å². The van der Waals surface area contributed by atoms with Crippen LogP contribution in [0.3, 0.4) is 0 Å². The molecule has 2 aromatic rings. The summed E-state index contributed by atoms with van der Waals surface area (Å²) in [6, 6.07) is 1.53. The lowest BCUT2D eigenvalue weighted by molar-refractivity contribution is -0.140. The molecule has 0 radical (unpaired) electrons. The Morgan fingerprint density at radius 3 is 2.41 bits per heavy atom. The van der Waals surface area contributed by atoms with E-state index < -0.39 is 11.9 Å². The summed E-state index contributed by atoms with van der Waals surface area (Å²) in [5.41, 5.74) is -0.141. The highest BCUT2D eigenvalue weighted by atomic mass is 35.5. The maximum absolute atomic E-state index is 12.3.